The van der Waals surface area contributed by atoms with Gasteiger partial charge in [-0.25, -0.2) is 0 Å². The van der Waals surface area contributed by atoms with Gasteiger partial charge < -0.3 is 24.6 Å². The molecule has 0 bridgehead atoms. The van der Waals surface area contributed by atoms with Gasteiger partial charge in [-0.3, -0.25) is 14.4 Å². The van der Waals surface area contributed by atoms with Crippen molar-refractivity contribution < 1.29 is 23.9 Å². The predicted octanol–water partition coefficient (Wildman–Crippen LogP) is 3.27. The number of nitrogens with zero attached hydrogens (tertiary/aromatic N) is 2. The molecule has 0 radical (unpaired) electrons. The Hall–Kier alpha value is -3.20. The first kappa shape index (κ1) is 23.9. The van der Waals surface area contributed by atoms with Gasteiger partial charge in [0.15, 0.2) is 11.5 Å². The lowest BCUT2D eigenvalue weighted by molar-refractivity contribution is -0.127. The molecule has 0 unspecified atom stereocenters. The number of hydrogen-bond donors (Lipinski definition) is 1. The summed E-state index contributed by atoms with van der Waals surface area (Å²) < 4.78 is 11.1. The van der Waals surface area contributed by atoms with Gasteiger partial charge in [0, 0.05) is 36.3 Å². The van der Waals surface area contributed by atoms with Crippen LogP contribution in [0.4, 0.5) is 5.69 Å². The lowest BCUT2D eigenvalue weighted by Crippen LogP contribution is -2.38. The van der Waals surface area contributed by atoms with Crippen LogP contribution in [0.5, 0.6) is 11.5 Å². The van der Waals surface area contributed by atoms with E-state index in [4.69, 9.17) is 9.47 Å². The van der Waals surface area contributed by atoms with Gasteiger partial charge in [-0.2, -0.15) is 0 Å². The van der Waals surface area contributed by atoms with Gasteiger partial charge in [0.05, 0.1) is 11.3 Å². The minimum Gasteiger partial charge on any atom is -0.486 e. The lowest BCUT2D eigenvalue weighted by atomic mass is 10.2. The van der Waals surface area contributed by atoms with Crippen LogP contribution < -0.4 is 14.8 Å². The fourth-order valence-electron chi connectivity index (χ4n) is 3.96. The molecule has 34 heavy (non-hydrogen) atoms. The highest BCUT2D eigenvalue weighted by Crippen LogP contribution is 2.32. The Morgan fingerprint density at radius 3 is 2.53 bits per heavy atom. The molecule has 0 aromatic heterocycles. The Morgan fingerprint density at radius 1 is 1.03 bits per heavy atom. The number of rotatable bonds is 8. The molecule has 180 valence electrons. The molecule has 1 saturated heterocycles. The molecular weight excluding hydrogens is 454 g/mol. The molecule has 3 amide bonds. The topological polar surface area (TPSA) is 88.2 Å². The van der Waals surface area contributed by atoms with Gasteiger partial charge in [0.25, 0.3) is 5.91 Å². The third-order valence-electron chi connectivity index (χ3n) is 5.76. The lowest BCUT2D eigenvalue weighted by Gasteiger charge is -2.22. The van der Waals surface area contributed by atoms with Crippen molar-refractivity contribution in [3.05, 3.63) is 48.0 Å². The van der Waals surface area contributed by atoms with Crippen molar-refractivity contribution in [1.82, 2.24) is 9.80 Å². The molecule has 9 heteroatoms. The van der Waals surface area contributed by atoms with Crippen molar-refractivity contribution in [2.45, 2.75) is 24.7 Å². The highest BCUT2D eigenvalue weighted by Gasteiger charge is 2.23. The summed E-state index contributed by atoms with van der Waals surface area (Å²) in [5.74, 6) is 1.07. The van der Waals surface area contributed by atoms with E-state index in [-0.39, 0.29) is 24.3 Å². The maximum Gasteiger partial charge on any atom is 0.255 e. The molecule has 0 saturated carbocycles. The maximum atomic E-state index is 13.3. The molecule has 2 aromatic carbocycles. The van der Waals surface area contributed by atoms with Gasteiger partial charge in [-0.15, -0.1) is 11.8 Å². The summed E-state index contributed by atoms with van der Waals surface area (Å²) in [6, 6.07) is 12.4. The maximum absolute atomic E-state index is 13.3. The van der Waals surface area contributed by atoms with Gasteiger partial charge >= 0.3 is 0 Å². The average Bonchev–Trinajstić information content (AvgIpc) is 3.41. The van der Waals surface area contributed by atoms with Crippen LogP contribution >= 0.6 is 11.8 Å². The van der Waals surface area contributed by atoms with E-state index in [1.807, 2.05) is 24.0 Å². The van der Waals surface area contributed by atoms with Crippen LogP contribution in [0.1, 0.15) is 30.1 Å². The van der Waals surface area contributed by atoms with Crippen molar-refractivity contribution in [1.29, 1.82) is 0 Å². The van der Waals surface area contributed by atoms with Crippen LogP contribution in [0.15, 0.2) is 47.4 Å². The molecule has 4 rings (SSSR count). The van der Waals surface area contributed by atoms with Crippen molar-refractivity contribution in [3.8, 4) is 11.5 Å². The monoisotopic (exact) mass is 483 g/mol. The van der Waals surface area contributed by atoms with E-state index in [2.05, 4.69) is 5.32 Å². The number of amides is 3. The predicted molar refractivity (Wildman–Crippen MR) is 131 cm³/mol. The van der Waals surface area contributed by atoms with E-state index in [1.165, 1.54) is 16.7 Å². The average molecular weight is 484 g/mol. The standard InChI is InChI=1S/C25H29N3O5S/c1-2-27(16-23(29)26-18-9-10-20-21(15-18)33-14-13-32-20)25(31)19-7-3-4-8-22(19)34-17-24(30)28-11-5-6-12-28/h3-4,7-10,15H,2,5-6,11-14,16-17H2,1H3,(H,26,29). The number of nitrogens with one attached hydrogen (secondary N) is 1. The Kier molecular flexibility index (Phi) is 7.95. The summed E-state index contributed by atoms with van der Waals surface area (Å²) in [6.07, 6.45) is 2.09. The molecule has 1 fully saturated rings. The fraction of sp³-hybridized carbons (Fsp3) is 0.400. The van der Waals surface area contributed by atoms with E-state index in [9.17, 15) is 14.4 Å². The summed E-state index contributed by atoms with van der Waals surface area (Å²) in [5.41, 5.74) is 1.07. The van der Waals surface area contributed by atoms with Crippen molar-refractivity contribution in [3.63, 3.8) is 0 Å². The molecule has 2 aromatic rings. The Labute approximate surface area is 203 Å². The number of carbonyl (C=O) groups excluding carboxylic acids is 3. The minimum absolute atomic E-state index is 0.0878. The third kappa shape index (κ3) is 5.83. The van der Waals surface area contributed by atoms with Crippen LogP contribution in [-0.4, -0.2) is 72.7 Å². The summed E-state index contributed by atoms with van der Waals surface area (Å²) in [6.45, 7) is 4.70. The van der Waals surface area contributed by atoms with Gasteiger partial charge in [0.2, 0.25) is 11.8 Å². The second-order valence-electron chi connectivity index (χ2n) is 8.10. The number of hydrogen-bond acceptors (Lipinski definition) is 6. The van der Waals surface area contributed by atoms with E-state index in [0.717, 1.165) is 30.8 Å². The Morgan fingerprint density at radius 2 is 1.76 bits per heavy atom. The Balaban J connectivity index is 1.38. The summed E-state index contributed by atoms with van der Waals surface area (Å²) in [5, 5.41) is 2.83. The molecule has 1 N–H and O–H groups in total. The Bertz CT molecular complexity index is 1050. The number of likely N-dealkylation sites (tertiary alicyclic amines) is 1. The fourth-order valence-corrected chi connectivity index (χ4v) is 4.91. The number of ether oxygens (including phenoxy) is 2. The number of likely N-dealkylation sites (N-methyl/N-ethyl adjacent to an activating group) is 1. The van der Waals surface area contributed by atoms with Crippen LogP contribution in [0, 0.1) is 0 Å². The zero-order valence-corrected chi connectivity index (χ0v) is 20.1. The molecular formula is C25H29N3O5S. The zero-order chi connectivity index (χ0) is 23.9. The first-order valence-electron chi connectivity index (χ1n) is 11.5. The molecule has 2 aliphatic heterocycles. The molecule has 2 heterocycles. The molecule has 0 atom stereocenters. The number of fused-ring (bicyclic) bond motifs is 1. The molecule has 0 aliphatic carbocycles. The first-order chi connectivity index (χ1) is 16.5. The van der Waals surface area contributed by atoms with Crippen molar-refractivity contribution in [2.75, 3.05) is 50.5 Å². The first-order valence-corrected chi connectivity index (χ1v) is 12.5. The van der Waals surface area contributed by atoms with Crippen molar-refractivity contribution >= 4 is 35.2 Å². The molecule has 2 aliphatic rings. The normalized spacial score (nSPS) is 14.6. The van der Waals surface area contributed by atoms with E-state index >= 15 is 0 Å². The highest BCUT2D eigenvalue weighted by molar-refractivity contribution is 8.00. The van der Waals surface area contributed by atoms with Crippen LogP contribution in [0.2, 0.25) is 0 Å². The van der Waals surface area contributed by atoms with Crippen LogP contribution in [0.25, 0.3) is 0 Å². The number of thioether (sulfide) groups is 1. The summed E-state index contributed by atoms with van der Waals surface area (Å²) >= 11 is 1.37. The highest BCUT2D eigenvalue weighted by atomic mass is 32.2. The van der Waals surface area contributed by atoms with Crippen LogP contribution in [-0.2, 0) is 9.59 Å². The molecule has 8 nitrogen and oxygen atoms in total. The number of anilines is 1. The van der Waals surface area contributed by atoms with E-state index in [0.29, 0.717) is 48.3 Å². The van der Waals surface area contributed by atoms with E-state index < -0.39 is 0 Å². The second kappa shape index (κ2) is 11.3. The zero-order valence-electron chi connectivity index (χ0n) is 19.2. The number of carbonyl (C=O) groups is 3. The minimum atomic E-state index is -0.304. The SMILES string of the molecule is CCN(CC(=O)Nc1ccc2c(c1)OCCO2)C(=O)c1ccccc1SCC(=O)N1CCCC1. The van der Waals surface area contributed by atoms with Gasteiger partial charge in [-0.1, -0.05) is 12.1 Å². The van der Waals surface area contributed by atoms with Crippen LogP contribution in [0.3, 0.4) is 0 Å². The van der Waals surface area contributed by atoms with Gasteiger partial charge in [0.1, 0.15) is 19.8 Å². The van der Waals surface area contributed by atoms with Crippen molar-refractivity contribution in [2.24, 2.45) is 0 Å². The smallest absolute Gasteiger partial charge is 0.255 e. The second-order valence-corrected chi connectivity index (χ2v) is 9.12. The summed E-state index contributed by atoms with van der Waals surface area (Å²) in [4.78, 5) is 42.5. The van der Waals surface area contributed by atoms with Gasteiger partial charge in [-0.05, 0) is 44.0 Å². The summed E-state index contributed by atoms with van der Waals surface area (Å²) in [7, 11) is 0. The number of benzene rings is 2. The quantitative estimate of drug-likeness (QED) is 0.580. The molecule has 0 spiro atoms. The van der Waals surface area contributed by atoms with E-state index in [1.54, 1.807) is 30.3 Å². The largest absolute Gasteiger partial charge is 0.486 e. The third-order valence-corrected chi connectivity index (χ3v) is 6.82.